The van der Waals surface area contributed by atoms with Crippen molar-refractivity contribution in [3.63, 3.8) is 0 Å². The standard InChI is InChI=1S/C52H34N2/c1-4-14-35(15-5-1)39-30-40(36-16-6-2-7-17-36)32-41(31-39)37-24-27-43(28-25-37)53-49-23-13-12-22-45(49)47-33-51-48(34-50(47)53)46-29-26-38-18-10-11-21-44(38)52(46)54(51)42-19-8-3-9-20-42/h1-34H. The van der Waals surface area contributed by atoms with Crippen LogP contribution >= 0.6 is 0 Å². The first-order valence-corrected chi connectivity index (χ1v) is 18.6. The summed E-state index contributed by atoms with van der Waals surface area (Å²) in [5.41, 5.74) is 14.4. The maximum atomic E-state index is 2.46. The highest BCUT2D eigenvalue weighted by atomic mass is 15.0. The number of nitrogens with zero attached hydrogens (tertiary/aromatic N) is 2. The number of aromatic nitrogens is 2. The second-order valence-electron chi connectivity index (χ2n) is 14.2. The minimum absolute atomic E-state index is 1.14. The molecule has 0 saturated carbocycles. The van der Waals surface area contributed by atoms with Gasteiger partial charge in [0.25, 0.3) is 0 Å². The molecule has 252 valence electrons. The monoisotopic (exact) mass is 686 g/mol. The molecule has 2 heterocycles. The van der Waals surface area contributed by atoms with Crippen LogP contribution in [0.1, 0.15) is 0 Å². The lowest BCUT2D eigenvalue weighted by molar-refractivity contribution is 1.18. The largest absolute Gasteiger partial charge is 0.309 e. The maximum absolute atomic E-state index is 2.46. The van der Waals surface area contributed by atoms with Crippen molar-refractivity contribution in [2.24, 2.45) is 0 Å². The van der Waals surface area contributed by atoms with Crippen LogP contribution in [0.5, 0.6) is 0 Å². The van der Waals surface area contributed by atoms with Crippen LogP contribution in [0.3, 0.4) is 0 Å². The predicted octanol–water partition coefficient (Wildman–Crippen LogP) is 14.0. The van der Waals surface area contributed by atoms with Gasteiger partial charge in [-0.1, -0.05) is 146 Å². The first-order valence-electron chi connectivity index (χ1n) is 18.6. The van der Waals surface area contributed by atoms with E-state index in [1.807, 2.05) is 0 Å². The van der Waals surface area contributed by atoms with Crippen LogP contribution in [0.4, 0.5) is 0 Å². The molecule has 0 spiro atoms. The predicted molar refractivity (Wildman–Crippen MR) is 229 cm³/mol. The molecule has 0 aliphatic rings. The van der Waals surface area contributed by atoms with E-state index in [0.717, 1.165) is 5.69 Å². The smallest absolute Gasteiger partial charge is 0.0619 e. The molecule has 9 aromatic carbocycles. The Morgan fingerprint density at radius 3 is 1.37 bits per heavy atom. The highest BCUT2D eigenvalue weighted by molar-refractivity contribution is 6.23. The molecule has 0 atom stereocenters. The van der Waals surface area contributed by atoms with E-state index in [4.69, 9.17) is 0 Å². The lowest BCUT2D eigenvalue weighted by atomic mass is 9.93. The zero-order valence-electron chi connectivity index (χ0n) is 29.5. The molecule has 2 aromatic heterocycles. The van der Waals surface area contributed by atoms with Crippen molar-refractivity contribution in [2.45, 2.75) is 0 Å². The summed E-state index contributed by atoms with van der Waals surface area (Å²) in [4.78, 5) is 0. The molecule has 0 aliphatic heterocycles. The van der Waals surface area contributed by atoms with Gasteiger partial charge in [0.2, 0.25) is 0 Å². The molecule has 0 N–H and O–H groups in total. The van der Waals surface area contributed by atoms with Crippen molar-refractivity contribution in [1.29, 1.82) is 0 Å². The number of hydrogen-bond donors (Lipinski definition) is 0. The zero-order valence-corrected chi connectivity index (χ0v) is 29.5. The first kappa shape index (κ1) is 30.5. The van der Waals surface area contributed by atoms with Crippen molar-refractivity contribution in [3.8, 4) is 44.8 Å². The van der Waals surface area contributed by atoms with E-state index in [1.54, 1.807) is 0 Å². The lowest BCUT2D eigenvalue weighted by Crippen LogP contribution is -1.95. The fourth-order valence-corrected chi connectivity index (χ4v) is 8.55. The molecule has 0 radical (unpaired) electrons. The Bertz CT molecular complexity index is 3110. The summed E-state index contributed by atoms with van der Waals surface area (Å²) in [6.45, 7) is 0. The molecule has 2 nitrogen and oxygen atoms in total. The molecule has 54 heavy (non-hydrogen) atoms. The van der Waals surface area contributed by atoms with Gasteiger partial charge in [-0.3, -0.25) is 0 Å². The lowest BCUT2D eigenvalue weighted by Gasteiger charge is -2.13. The van der Waals surface area contributed by atoms with Crippen molar-refractivity contribution < 1.29 is 0 Å². The van der Waals surface area contributed by atoms with Gasteiger partial charge in [-0.25, -0.2) is 0 Å². The van der Waals surface area contributed by atoms with Crippen LogP contribution in [-0.4, -0.2) is 9.13 Å². The van der Waals surface area contributed by atoms with Gasteiger partial charge in [0.15, 0.2) is 0 Å². The molecular weight excluding hydrogens is 653 g/mol. The van der Waals surface area contributed by atoms with E-state index in [9.17, 15) is 0 Å². The van der Waals surface area contributed by atoms with Gasteiger partial charge >= 0.3 is 0 Å². The Balaban J connectivity index is 1.12. The van der Waals surface area contributed by atoms with Crippen LogP contribution in [0.15, 0.2) is 206 Å². The molecular formula is C52H34N2. The quantitative estimate of drug-likeness (QED) is 0.171. The topological polar surface area (TPSA) is 9.86 Å². The summed E-state index contributed by atoms with van der Waals surface area (Å²) < 4.78 is 4.90. The van der Waals surface area contributed by atoms with E-state index < -0.39 is 0 Å². The van der Waals surface area contributed by atoms with Gasteiger partial charge in [0.1, 0.15) is 0 Å². The highest BCUT2D eigenvalue weighted by Crippen LogP contribution is 2.42. The van der Waals surface area contributed by atoms with E-state index in [1.165, 1.54) is 93.5 Å². The van der Waals surface area contributed by atoms with E-state index in [2.05, 4.69) is 215 Å². The summed E-state index contributed by atoms with van der Waals surface area (Å²) in [5.74, 6) is 0. The molecule has 0 aliphatic carbocycles. The van der Waals surface area contributed by atoms with Gasteiger partial charge in [-0.15, -0.1) is 0 Å². The summed E-state index contributed by atoms with van der Waals surface area (Å²) >= 11 is 0. The first-order chi connectivity index (χ1) is 26.8. The molecule has 0 amide bonds. The maximum Gasteiger partial charge on any atom is 0.0619 e. The van der Waals surface area contributed by atoms with Crippen molar-refractivity contribution in [1.82, 2.24) is 9.13 Å². The third-order valence-electron chi connectivity index (χ3n) is 11.1. The second kappa shape index (κ2) is 12.2. The van der Waals surface area contributed by atoms with Gasteiger partial charge in [-0.2, -0.15) is 0 Å². The van der Waals surface area contributed by atoms with Crippen LogP contribution in [0.2, 0.25) is 0 Å². The van der Waals surface area contributed by atoms with Crippen molar-refractivity contribution in [2.75, 3.05) is 0 Å². The number of para-hydroxylation sites is 2. The van der Waals surface area contributed by atoms with E-state index in [-0.39, 0.29) is 0 Å². The van der Waals surface area contributed by atoms with Crippen LogP contribution < -0.4 is 0 Å². The summed E-state index contributed by atoms with van der Waals surface area (Å²) in [6.07, 6.45) is 0. The average Bonchev–Trinajstić information content (AvgIpc) is 3.76. The van der Waals surface area contributed by atoms with Crippen LogP contribution in [0.25, 0.3) is 99.1 Å². The molecule has 11 aromatic rings. The van der Waals surface area contributed by atoms with Crippen LogP contribution in [0, 0.1) is 0 Å². The third kappa shape index (κ3) is 4.81. The molecule has 0 bridgehead atoms. The zero-order chi connectivity index (χ0) is 35.6. The Morgan fingerprint density at radius 1 is 0.241 bits per heavy atom. The van der Waals surface area contributed by atoms with E-state index >= 15 is 0 Å². The Kier molecular flexibility index (Phi) is 6.90. The Morgan fingerprint density at radius 2 is 0.722 bits per heavy atom. The molecule has 0 unspecified atom stereocenters. The molecule has 11 rings (SSSR count). The van der Waals surface area contributed by atoms with Gasteiger partial charge in [0, 0.05) is 38.3 Å². The van der Waals surface area contributed by atoms with Crippen molar-refractivity contribution in [3.05, 3.63) is 206 Å². The number of rotatable bonds is 5. The summed E-state index contributed by atoms with van der Waals surface area (Å²) in [5, 5.41) is 7.50. The average molecular weight is 687 g/mol. The fraction of sp³-hybridized carbons (Fsp3) is 0. The minimum atomic E-state index is 1.14. The fourth-order valence-electron chi connectivity index (χ4n) is 8.55. The third-order valence-corrected chi connectivity index (χ3v) is 11.1. The van der Waals surface area contributed by atoms with Gasteiger partial charge in [0.05, 0.1) is 22.1 Å². The molecule has 0 saturated heterocycles. The normalized spacial score (nSPS) is 11.7. The Labute approximate surface area is 313 Å². The van der Waals surface area contributed by atoms with E-state index in [0.29, 0.717) is 0 Å². The second-order valence-corrected chi connectivity index (χ2v) is 14.2. The number of hydrogen-bond acceptors (Lipinski definition) is 0. The molecule has 0 fully saturated rings. The summed E-state index contributed by atoms with van der Waals surface area (Å²) in [7, 11) is 0. The van der Waals surface area contributed by atoms with Crippen molar-refractivity contribution >= 4 is 54.4 Å². The van der Waals surface area contributed by atoms with Crippen LogP contribution in [-0.2, 0) is 0 Å². The number of benzene rings is 9. The summed E-state index contributed by atoms with van der Waals surface area (Å²) in [6, 6.07) is 75.2. The SMILES string of the molecule is c1ccc(-c2cc(-c3ccccc3)cc(-c3ccc(-n4c5ccccc5c5cc6c(cc54)c4ccc5ccccc5c4n6-c4ccccc4)cc3)c2)cc1. The minimum Gasteiger partial charge on any atom is -0.309 e. The van der Waals surface area contributed by atoms with Gasteiger partial charge < -0.3 is 9.13 Å². The van der Waals surface area contributed by atoms with Gasteiger partial charge in [-0.05, 0) is 99.4 Å². The highest BCUT2D eigenvalue weighted by Gasteiger charge is 2.20. The Hall–Kier alpha value is -7.16. The number of fused-ring (bicyclic) bond motifs is 8. The molecule has 2 heteroatoms.